The quantitative estimate of drug-likeness (QED) is 0.369. The summed E-state index contributed by atoms with van der Waals surface area (Å²) in [5, 5.41) is 3.48. The van der Waals surface area contributed by atoms with Crippen LogP contribution in [0, 0.1) is 34.0 Å². The number of nitrogens with zero attached hydrogens (tertiary/aromatic N) is 4. The zero-order chi connectivity index (χ0) is 35.5. The highest BCUT2D eigenvalue weighted by atomic mass is 16.6. The minimum absolute atomic E-state index is 0.138. The summed E-state index contributed by atoms with van der Waals surface area (Å²) in [6.45, 7) is 19.7. The molecule has 48 heavy (non-hydrogen) atoms. The molecule has 276 valence electrons. The van der Waals surface area contributed by atoms with Gasteiger partial charge in [-0.25, -0.2) is 9.59 Å². The highest BCUT2D eigenvalue weighted by molar-refractivity contribution is 5.69. The Bertz CT molecular complexity index is 1090. The third-order valence-corrected chi connectivity index (χ3v) is 11.2. The first-order chi connectivity index (χ1) is 22.2. The first-order valence-corrected chi connectivity index (χ1v) is 18.6. The number of amides is 2. The summed E-state index contributed by atoms with van der Waals surface area (Å²) in [6.07, 6.45) is 11.6. The van der Waals surface area contributed by atoms with Crippen molar-refractivity contribution in [3.05, 3.63) is 0 Å². The molecule has 6 fully saturated rings. The number of likely N-dealkylation sites (tertiary alicyclic amines) is 2. The molecule has 0 bridgehead atoms. The molecule has 2 amide bonds. The third-order valence-electron chi connectivity index (χ3n) is 11.2. The first-order valence-electron chi connectivity index (χ1n) is 18.6. The number of rotatable bonds is 5. The van der Waals surface area contributed by atoms with Gasteiger partial charge in [0.1, 0.15) is 17.5 Å². The largest absolute Gasteiger partial charge is 0.444 e. The molecule has 3 saturated carbocycles. The molecule has 0 aromatic heterocycles. The van der Waals surface area contributed by atoms with Crippen LogP contribution in [0.5, 0.6) is 0 Å². The molecule has 0 atom stereocenters. The van der Waals surface area contributed by atoms with Gasteiger partial charge in [-0.15, -0.1) is 0 Å². The molecule has 0 radical (unpaired) electrons. The normalized spacial score (nSPS) is 33.9. The van der Waals surface area contributed by atoms with Gasteiger partial charge in [-0.1, -0.05) is 0 Å². The van der Waals surface area contributed by atoms with Gasteiger partial charge >= 0.3 is 12.2 Å². The highest BCUT2D eigenvalue weighted by Crippen LogP contribution is 2.53. The summed E-state index contributed by atoms with van der Waals surface area (Å²) in [6, 6.07) is 0. The molecule has 1 N–H and O–H groups in total. The van der Waals surface area contributed by atoms with Crippen LogP contribution in [0.1, 0.15) is 99.3 Å². The predicted octanol–water partition coefficient (Wildman–Crippen LogP) is 5.75. The zero-order valence-corrected chi connectivity index (χ0v) is 32.2. The summed E-state index contributed by atoms with van der Waals surface area (Å²) in [7, 11) is 8.62. The number of hydrogen-bond acceptors (Lipinski definition) is 8. The summed E-state index contributed by atoms with van der Waals surface area (Å²) in [5.74, 6) is 2.02. The first kappa shape index (κ1) is 38.9. The second kappa shape index (κ2) is 15.1. The molecule has 3 aliphatic carbocycles. The van der Waals surface area contributed by atoms with Gasteiger partial charge in [0, 0.05) is 51.7 Å². The van der Waals surface area contributed by atoms with Gasteiger partial charge in [-0.05, 0) is 162 Å². The fraction of sp³-hybridized carbons (Fsp3) is 0.921. The maximum atomic E-state index is 12.0. The second-order valence-corrected chi connectivity index (χ2v) is 19.1. The summed E-state index contributed by atoms with van der Waals surface area (Å²) in [5.41, 5.74) is 0.526. The molecule has 0 aromatic carbocycles. The lowest BCUT2D eigenvalue weighted by Gasteiger charge is -2.46. The summed E-state index contributed by atoms with van der Waals surface area (Å²) in [4.78, 5) is 42.8. The molecule has 3 heterocycles. The van der Waals surface area contributed by atoms with E-state index >= 15 is 0 Å². The Morgan fingerprint density at radius 2 is 1.12 bits per heavy atom. The van der Waals surface area contributed by atoms with Crippen LogP contribution in [0.4, 0.5) is 9.59 Å². The van der Waals surface area contributed by atoms with Crippen molar-refractivity contribution >= 4 is 18.5 Å². The van der Waals surface area contributed by atoms with E-state index in [2.05, 4.69) is 43.3 Å². The predicted molar refractivity (Wildman–Crippen MR) is 191 cm³/mol. The van der Waals surface area contributed by atoms with E-state index < -0.39 is 5.60 Å². The number of carbonyl (C=O) groups is 3. The Labute approximate surface area is 292 Å². The van der Waals surface area contributed by atoms with Crippen molar-refractivity contribution in [2.45, 2.75) is 111 Å². The molecule has 10 nitrogen and oxygen atoms in total. The molecule has 3 saturated heterocycles. The minimum atomic E-state index is -0.433. The van der Waals surface area contributed by atoms with Crippen molar-refractivity contribution in [3.63, 3.8) is 0 Å². The van der Waals surface area contributed by atoms with Crippen molar-refractivity contribution in [3.8, 4) is 0 Å². The third kappa shape index (κ3) is 10.8. The molecule has 6 aliphatic rings. The van der Waals surface area contributed by atoms with Crippen molar-refractivity contribution in [2.75, 3.05) is 80.5 Å². The topological polar surface area (TPSA) is 94.7 Å². The monoisotopic (exact) mass is 676 g/mol. The van der Waals surface area contributed by atoms with Gasteiger partial charge in [0.05, 0.1) is 0 Å². The van der Waals surface area contributed by atoms with E-state index in [9.17, 15) is 14.4 Å². The Balaban J connectivity index is 0.000000166. The maximum Gasteiger partial charge on any atom is 0.410 e. The summed E-state index contributed by atoms with van der Waals surface area (Å²) >= 11 is 0. The Kier molecular flexibility index (Phi) is 12.3. The lowest BCUT2D eigenvalue weighted by molar-refractivity contribution is -0.117. The van der Waals surface area contributed by atoms with E-state index in [1.807, 2.05) is 46.4 Å². The lowest BCUT2D eigenvalue weighted by Crippen LogP contribution is -2.44. The van der Waals surface area contributed by atoms with Crippen molar-refractivity contribution < 1.29 is 23.9 Å². The second-order valence-electron chi connectivity index (χ2n) is 19.1. The average molecular weight is 676 g/mol. The van der Waals surface area contributed by atoms with E-state index in [1.54, 1.807) is 4.90 Å². The van der Waals surface area contributed by atoms with Crippen LogP contribution in [0.3, 0.4) is 0 Å². The molecule has 10 heteroatoms. The van der Waals surface area contributed by atoms with Crippen LogP contribution < -0.4 is 5.32 Å². The van der Waals surface area contributed by atoms with Crippen LogP contribution >= 0.6 is 0 Å². The van der Waals surface area contributed by atoms with Crippen LogP contribution in [0.15, 0.2) is 0 Å². The van der Waals surface area contributed by atoms with Gasteiger partial charge in [-0.3, -0.25) is 0 Å². The molecule has 3 spiro atoms. The molecular weight excluding hydrogens is 606 g/mol. The molecule has 0 unspecified atom stereocenters. The van der Waals surface area contributed by atoms with E-state index in [4.69, 9.17) is 9.47 Å². The Morgan fingerprint density at radius 1 is 0.708 bits per heavy atom. The standard InChI is InChI=1S/C15H28N2O2.C13H21NO3.C10H20N2/c1-14(2,3)19-13(18)17-7-6-15(11-17)8-12(9-15)10-16(4)5;1-12(2,3)17-11(16)14-5-4-13(9-14)6-10(7-13)8-15;1-12(2)7-9-5-10(6-9)3-4-11-8-10/h12H,6-11H2,1-5H3;8,10H,4-7,9H2,1-3H3;9,11H,3-8H2,1-2H3. The summed E-state index contributed by atoms with van der Waals surface area (Å²) < 4.78 is 10.8. The number of nitrogens with one attached hydrogen (secondary N) is 1. The number of hydrogen-bond donors (Lipinski definition) is 1. The molecular formula is C38H69N5O5. The van der Waals surface area contributed by atoms with E-state index in [1.165, 1.54) is 58.3 Å². The highest BCUT2D eigenvalue weighted by Gasteiger charge is 2.51. The smallest absolute Gasteiger partial charge is 0.410 e. The average Bonchev–Trinajstić information content (AvgIpc) is 3.64. The van der Waals surface area contributed by atoms with Crippen molar-refractivity contribution in [2.24, 2.45) is 34.0 Å². The molecule has 0 aromatic rings. The minimum Gasteiger partial charge on any atom is -0.444 e. The zero-order valence-electron chi connectivity index (χ0n) is 32.2. The SMILES string of the molecule is CC(C)(C)OC(=O)N1CCC2(CC(C=O)C2)C1.CN(C)CC1CC2(CCN(C(=O)OC(C)(C)C)C2)C1.CN(C)CC1CC2(CCNC2)C1. The number of carbonyl (C=O) groups excluding carboxylic acids is 3. The Hall–Kier alpha value is -1.91. The lowest BCUT2D eigenvalue weighted by atomic mass is 9.61. The number of aldehydes is 1. The van der Waals surface area contributed by atoms with Gasteiger partial charge in [-0.2, -0.15) is 0 Å². The van der Waals surface area contributed by atoms with Gasteiger partial charge in [0.2, 0.25) is 0 Å². The van der Waals surface area contributed by atoms with Crippen LogP contribution in [0.2, 0.25) is 0 Å². The fourth-order valence-electron chi connectivity index (χ4n) is 9.41. The molecule has 3 aliphatic heterocycles. The van der Waals surface area contributed by atoms with Gasteiger partial charge in [0.25, 0.3) is 0 Å². The fourth-order valence-corrected chi connectivity index (χ4v) is 9.41. The van der Waals surface area contributed by atoms with Crippen molar-refractivity contribution in [1.29, 1.82) is 0 Å². The van der Waals surface area contributed by atoms with Gasteiger partial charge in [0.15, 0.2) is 0 Å². The van der Waals surface area contributed by atoms with E-state index in [-0.39, 0.29) is 29.1 Å². The van der Waals surface area contributed by atoms with Crippen molar-refractivity contribution in [1.82, 2.24) is 24.9 Å². The molecule has 6 rings (SSSR count). The van der Waals surface area contributed by atoms with Crippen LogP contribution in [-0.4, -0.2) is 130 Å². The van der Waals surface area contributed by atoms with Crippen LogP contribution in [-0.2, 0) is 14.3 Å². The van der Waals surface area contributed by atoms with E-state index in [0.29, 0.717) is 5.41 Å². The maximum absolute atomic E-state index is 12.0. The van der Waals surface area contributed by atoms with E-state index in [0.717, 1.165) is 75.4 Å². The van der Waals surface area contributed by atoms with Gasteiger partial charge < -0.3 is 39.2 Å². The Morgan fingerprint density at radius 3 is 1.48 bits per heavy atom. The number of ether oxygens (including phenoxy) is 2. The van der Waals surface area contributed by atoms with Crippen LogP contribution in [0.25, 0.3) is 0 Å².